The predicted octanol–water partition coefficient (Wildman–Crippen LogP) is 1.80. The van der Waals surface area contributed by atoms with Crippen LogP contribution in [0.25, 0.3) is 0 Å². The van der Waals surface area contributed by atoms with Gasteiger partial charge in [-0.2, -0.15) is 0 Å². The molecule has 1 saturated carbocycles. The molecule has 2 fully saturated rings. The molecule has 1 amide bonds. The number of carbonyl (C=O) groups excluding carboxylic acids is 1. The van der Waals surface area contributed by atoms with Gasteiger partial charge >= 0.3 is 0 Å². The van der Waals surface area contributed by atoms with Gasteiger partial charge in [-0.15, -0.1) is 0 Å². The van der Waals surface area contributed by atoms with Crippen molar-refractivity contribution in [2.75, 3.05) is 19.7 Å². The number of rotatable bonds is 5. The number of hydrogen-bond acceptors (Lipinski definition) is 3. The van der Waals surface area contributed by atoms with E-state index in [1.807, 2.05) is 0 Å². The molecule has 2 aliphatic rings. The fraction of sp³-hybridized carbons (Fsp3) is 0.562. The van der Waals surface area contributed by atoms with Gasteiger partial charge in [0, 0.05) is 44.1 Å². The van der Waals surface area contributed by atoms with Crippen LogP contribution in [-0.4, -0.2) is 41.7 Å². The maximum absolute atomic E-state index is 13.2. The second-order valence-corrected chi connectivity index (χ2v) is 6.68. The molecule has 2 N–H and O–H groups in total. The molecule has 6 heteroatoms. The van der Waals surface area contributed by atoms with Crippen molar-refractivity contribution >= 4 is 17.5 Å². The molecule has 22 heavy (non-hydrogen) atoms. The summed E-state index contributed by atoms with van der Waals surface area (Å²) < 4.78 is 13.2. The Balaban J connectivity index is 1.60. The Labute approximate surface area is 134 Å². The lowest BCUT2D eigenvalue weighted by molar-refractivity contribution is -0.123. The normalized spacial score (nSPS) is 25.4. The van der Waals surface area contributed by atoms with E-state index in [1.165, 1.54) is 6.07 Å². The van der Waals surface area contributed by atoms with Gasteiger partial charge < -0.3 is 10.4 Å². The van der Waals surface area contributed by atoms with E-state index >= 15 is 0 Å². The third kappa shape index (κ3) is 3.59. The van der Waals surface area contributed by atoms with Crippen LogP contribution in [0.3, 0.4) is 0 Å². The minimum absolute atomic E-state index is 0.0194. The van der Waals surface area contributed by atoms with Crippen LogP contribution in [0, 0.1) is 17.7 Å². The average molecular weight is 327 g/mol. The molecule has 120 valence electrons. The number of halogens is 2. The van der Waals surface area contributed by atoms with Gasteiger partial charge in [0.2, 0.25) is 5.91 Å². The molecule has 1 aromatic carbocycles. The quantitative estimate of drug-likeness (QED) is 0.867. The summed E-state index contributed by atoms with van der Waals surface area (Å²) in [5.41, 5.74) is 0.928. The lowest BCUT2D eigenvalue weighted by Gasteiger charge is -2.18. The van der Waals surface area contributed by atoms with Gasteiger partial charge in [-0.25, -0.2) is 4.39 Å². The van der Waals surface area contributed by atoms with E-state index in [0.717, 1.165) is 18.4 Å². The third-order valence-electron chi connectivity index (χ3n) is 4.42. The lowest BCUT2D eigenvalue weighted by atomic mass is 10.1. The molecule has 1 aromatic rings. The van der Waals surface area contributed by atoms with Gasteiger partial charge in [-0.05, 0) is 30.5 Å². The number of hydrogen-bond donors (Lipinski definition) is 2. The fourth-order valence-corrected chi connectivity index (χ4v) is 3.18. The van der Waals surface area contributed by atoms with E-state index < -0.39 is 5.82 Å². The van der Waals surface area contributed by atoms with Gasteiger partial charge in [0.15, 0.2) is 0 Å². The SMILES string of the molecule is O=C(N[C@@H]1CN(Cc2ccc(F)c(Cl)c2)C[C@H]1CO)C1CC1. The zero-order valence-corrected chi connectivity index (χ0v) is 13.0. The first-order valence-electron chi connectivity index (χ1n) is 7.64. The first-order valence-corrected chi connectivity index (χ1v) is 8.02. The van der Waals surface area contributed by atoms with Gasteiger partial charge in [-0.3, -0.25) is 9.69 Å². The molecule has 1 saturated heterocycles. The highest BCUT2D eigenvalue weighted by Crippen LogP contribution is 2.30. The topological polar surface area (TPSA) is 52.6 Å². The molecule has 0 aromatic heterocycles. The molecule has 0 radical (unpaired) electrons. The molecule has 0 unspecified atom stereocenters. The Morgan fingerprint density at radius 2 is 2.18 bits per heavy atom. The molecule has 0 spiro atoms. The van der Waals surface area contributed by atoms with Gasteiger partial charge in [-0.1, -0.05) is 17.7 Å². The number of aliphatic hydroxyl groups excluding tert-OH is 1. The van der Waals surface area contributed by atoms with Crippen molar-refractivity contribution in [3.8, 4) is 0 Å². The zero-order chi connectivity index (χ0) is 15.7. The van der Waals surface area contributed by atoms with Crippen LogP contribution in [0.4, 0.5) is 4.39 Å². The van der Waals surface area contributed by atoms with E-state index in [-0.39, 0.29) is 35.4 Å². The summed E-state index contributed by atoms with van der Waals surface area (Å²) in [6.45, 7) is 2.09. The molecule has 2 atom stereocenters. The first kappa shape index (κ1) is 15.7. The molecule has 0 bridgehead atoms. The second kappa shape index (κ2) is 6.52. The van der Waals surface area contributed by atoms with E-state index in [0.29, 0.717) is 19.6 Å². The Hall–Kier alpha value is -1.17. The van der Waals surface area contributed by atoms with Crippen LogP contribution in [0.2, 0.25) is 5.02 Å². The van der Waals surface area contributed by atoms with Gasteiger partial charge in [0.25, 0.3) is 0 Å². The van der Waals surface area contributed by atoms with E-state index in [1.54, 1.807) is 12.1 Å². The monoisotopic (exact) mass is 326 g/mol. The number of benzene rings is 1. The Morgan fingerprint density at radius 3 is 2.82 bits per heavy atom. The van der Waals surface area contributed by atoms with Crippen LogP contribution < -0.4 is 5.32 Å². The maximum atomic E-state index is 13.2. The minimum Gasteiger partial charge on any atom is -0.396 e. The zero-order valence-electron chi connectivity index (χ0n) is 12.3. The number of amides is 1. The predicted molar refractivity (Wildman–Crippen MR) is 81.9 cm³/mol. The Morgan fingerprint density at radius 1 is 1.41 bits per heavy atom. The fourth-order valence-electron chi connectivity index (χ4n) is 2.98. The smallest absolute Gasteiger partial charge is 0.223 e. The standard InChI is InChI=1S/C16H20ClFN2O2/c17-13-5-10(1-4-14(13)18)6-20-7-12(9-21)15(8-20)19-16(22)11-2-3-11/h1,4-5,11-12,15,21H,2-3,6-9H2,(H,19,22)/t12-,15+/m0/s1. The van der Waals surface area contributed by atoms with Crippen molar-refractivity contribution in [3.05, 3.63) is 34.6 Å². The summed E-state index contributed by atoms with van der Waals surface area (Å²) in [7, 11) is 0. The molecule has 1 aliphatic carbocycles. The van der Waals surface area contributed by atoms with Crippen LogP contribution in [0.1, 0.15) is 18.4 Å². The first-order chi connectivity index (χ1) is 10.6. The highest BCUT2D eigenvalue weighted by Gasteiger charge is 2.37. The largest absolute Gasteiger partial charge is 0.396 e. The summed E-state index contributed by atoms with van der Waals surface area (Å²) in [5, 5.41) is 12.7. The molecule has 1 aliphatic heterocycles. The Kier molecular flexibility index (Phi) is 4.66. The summed E-state index contributed by atoms with van der Waals surface area (Å²) >= 11 is 5.80. The lowest BCUT2D eigenvalue weighted by Crippen LogP contribution is -2.42. The molecular weight excluding hydrogens is 307 g/mol. The average Bonchev–Trinajstić information content (AvgIpc) is 3.27. The van der Waals surface area contributed by atoms with Crippen molar-refractivity contribution < 1.29 is 14.3 Å². The van der Waals surface area contributed by atoms with E-state index in [9.17, 15) is 14.3 Å². The third-order valence-corrected chi connectivity index (χ3v) is 4.71. The van der Waals surface area contributed by atoms with Crippen molar-refractivity contribution in [2.45, 2.75) is 25.4 Å². The Bertz CT molecular complexity index is 565. The van der Waals surface area contributed by atoms with Crippen LogP contribution in [0.15, 0.2) is 18.2 Å². The van der Waals surface area contributed by atoms with Crippen LogP contribution in [-0.2, 0) is 11.3 Å². The highest BCUT2D eigenvalue weighted by molar-refractivity contribution is 6.30. The number of nitrogens with one attached hydrogen (secondary N) is 1. The highest BCUT2D eigenvalue weighted by atomic mass is 35.5. The summed E-state index contributed by atoms with van der Waals surface area (Å²) in [5.74, 6) is -0.104. The number of carbonyl (C=O) groups is 1. The number of likely N-dealkylation sites (tertiary alicyclic amines) is 1. The molecule has 4 nitrogen and oxygen atoms in total. The second-order valence-electron chi connectivity index (χ2n) is 6.27. The number of aliphatic hydroxyl groups is 1. The minimum atomic E-state index is -0.422. The summed E-state index contributed by atoms with van der Waals surface area (Å²) in [6, 6.07) is 4.68. The maximum Gasteiger partial charge on any atom is 0.223 e. The van der Waals surface area contributed by atoms with Gasteiger partial charge in [0.1, 0.15) is 5.82 Å². The van der Waals surface area contributed by atoms with Crippen molar-refractivity contribution in [2.24, 2.45) is 11.8 Å². The molecule has 3 rings (SSSR count). The summed E-state index contributed by atoms with van der Waals surface area (Å²) in [6.07, 6.45) is 1.94. The van der Waals surface area contributed by atoms with Crippen molar-refractivity contribution in [1.29, 1.82) is 0 Å². The molecule has 1 heterocycles. The summed E-state index contributed by atoms with van der Waals surface area (Å²) in [4.78, 5) is 14.1. The molecular formula is C16H20ClFN2O2. The van der Waals surface area contributed by atoms with Crippen LogP contribution >= 0.6 is 11.6 Å². The van der Waals surface area contributed by atoms with Crippen molar-refractivity contribution in [3.63, 3.8) is 0 Å². The van der Waals surface area contributed by atoms with Crippen LogP contribution in [0.5, 0.6) is 0 Å². The van der Waals surface area contributed by atoms with Gasteiger partial charge in [0.05, 0.1) is 5.02 Å². The van der Waals surface area contributed by atoms with E-state index in [4.69, 9.17) is 11.6 Å². The van der Waals surface area contributed by atoms with E-state index in [2.05, 4.69) is 10.2 Å². The van der Waals surface area contributed by atoms with Crippen molar-refractivity contribution in [1.82, 2.24) is 10.2 Å². The number of nitrogens with zero attached hydrogens (tertiary/aromatic N) is 1.